The van der Waals surface area contributed by atoms with E-state index >= 15 is 0 Å². The average molecular weight is 516 g/mol. The maximum atomic E-state index is 12.3. The molecule has 2 amide bonds. The van der Waals surface area contributed by atoms with Crippen molar-refractivity contribution in [2.24, 2.45) is 0 Å². The molecule has 0 bridgehead atoms. The van der Waals surface area contributed by atoms with Crippen molar-refractivity contribution >= 4 is 85.1 Å². The monoisotopic (exact) mass is 515 g/mol. The maximum Gasteiger partial charge on any atom is 2.00 e. The fourth-order valence-electron chi connectivity index (χ4n) is 3.39. The third kappa shape index (κ3) is 7.07. The van der Waals surface area contributed by atoms with Crippen molar-refractivity contribution in [1.82, 2.24) is 15.3 Å². The smallest absolute Gasteiger partial charge is 1.00 e. The molecule has 8 N–H and O–H groups in total. The number of amides is 2. The number of H-pyrrole nitrogens is 1. The molecule has 2 heterocycles. The largest absolute Gasteiger partial charge is 2.00 e. The van der Waals surface area contributed by atoms with E-state index in [1.54, 1.807) is 12.1 Å². The van der Waals surface area contributed by atoms with Crippen molar-refractivity contribution in [3.05, 3.63) is 40.2 Å². The Bertz CT molecular complexity index is 1170. The van der Waals surface area contributed by atoms with Crippen LogP contribution in [0.25, 0.3) is 0 Å². The Labute approximate surface area is 231 Å². The quantitative estimate of drug-likeness (QED) is 0.152. The van der Waals surface area contributed by atoms with Crippen LogP contribution in [0.2, 0.25) is 0 Å². The molecule has 184 valence electrons. The molecule has 15 heteroatoms. The molecule has 1 aromatic heterocycles. The second kappa shape index (κ2) is 12.4. The summed E-state index contributed by atoms with van der Waals surface area (Å²) >= 11 is 0. The van der Waals surface area contributed by atoms with Gasteiger partial charge in [-0.25, -0.2) is 4.79 Å². The van der Waals surface area contributed by atoms with Gasteiger partial charge in [0.25, 0.3) is 11.5 Å². The number of aromatic amines is 1. The predicted molar refractivity (Wildman–Crippen MR) is 129 cm³/mol. The van der Waals surface area contributed by atoms with Crippen LogP contribution in [0, 0.1) is 0 Å². The van der Waals surface area contributed by atoms with E-state index in [1.165, 1.54) is 17.0 Å². The number of nitrogen functional groups attached to an aromatic ring is 1. The second-order valence-electron chi connectivity index (χ2n) is 7.45. The summed E-state index contributed by atoms with van der Waals surface area (Å²) in [4.78, 5) is 65.7. The average Bonchev–Trinajstić information content (AvgIpc) is 2.79. The number of anilines is 4. The molecule has 0 fully saturated rings. The van der Waals surface area contributed by atoms with Gasteiger partial charge in [0.2, 0.25) is 12.4 Å². The molecule has 0 saturated carbocycles. The number of carbonyl (C=O) groups is 4. The van der Waals surface area contributed by atoms with Gasteiger partial charge in [-0.3, -0.25) is 24.2 Å². The van der Waals surface area contributed by atoms with Crippen molar-refractivity contribution in [2.75, 3.05) is 34.4 Å². The molecule has 0 spiro atoms. The predicted octanol–water partition coefficient (Wildman–Crippen LogP) is -0.887. The first-order valence-corrected chi connectivity index (χ1v) is 10.2. The third-order valence-corrected chi connectivity index (χ3v) is 5.12. The van der Waals surface area contributed by atoms with Crippen molar-refractivity contribution in [1.29, 1.82) is 0 Å². The summed E-state index contributed by atoms with van der Waals surface area (Å²) in [5, 5.41) is 26.3. The molecule has 2 atom stereocenters. The fraction of sp³-hybridized carbons (Fsp3) is 0.300. The van der Waals surface area contributed by atoms with Gasteiger partial charge in [-0.05, 0) is 30.7 Å². The van der Waals surface area contributed by atoms with E-state index in [4.69, 9.17) is 10.8 Å². The first kappa shape index (κ1) is 27.9. The van der Waals surface area contributed by atoms with Gasteiger partial charge in [-0.1, -0.05) is 0 Å². The summed E-state index contributed by atoms with van der Waals surface area (Å²) in [5.74, 6) is -3.00. The van der Waals surface area contributed by atoms with E-state index in [-0.39, 0.29) is 76.6 Å². The van der Waals surface area contributed by atoms with E-state index < -0.39 is 41.9 Å². The van der Waals surface area contributed by atoms with Crippen molar-refractivity contribution < 1.29 is 32.2 Å². The minimum Gasteiger partial charge on any atom is -1.00 e. The normalized spacial score (nSPS) is 15.0. The molecule has 3 rings (SSSR count). The number of nitrogens with one attached hydrogen (secondary N) is 4. The van der Waals surface area contributed by atoms with Gasteiger partial charge in [0.15, 0.2) is 11.5 Å². The molecular formula is C20H25CaN7O7. The number of nitrogens with zero attached hydrogens (tertiary/aromatic N) is 2. The molecule has 2 aromatic rings. The van der Waals surface area contributed by atoms with Crippen LogP contribution in [-0.2, 0) is 14.4 Å². The summed E-state index contributed by atoms with van der Waals surface area (Å²) in [5.41, 5.74) is 5.84. The van der Waals surface area contributed by atoms with E-state index in [2.05, 4.69) is 25.9 Å². The number of hydrogen-bond donors (Lipinski definition) is 7. The number of carboxylic acid groups (broad SMARTS) is 2. The van der Waals surface area contributed by atoms with Crippen molar-refractivity contribution in [3.63, 3.8) is 0 Å². The van der Waals surface area contributed by atoms with E-state index in [9.17, 15) is 29.1 Å². The number of benzene rings is 1. The van der Waals surface area contributed by atoms with Gasteiger partial charge in [0.05, 0.1) is 6.04 Å². The summed E-state index contributed by atoms with van der Waals surface area (Å²) in [6, 6.07) is 4.36. The van der Waals surface area contributed by atoms with Crippen LogP contribution in [0.3, 0.4) is 0 Å². The van der Waals surface area contributed by atoms with Gasteiger partial charge < -0.3 is 39.7 Å². The SMILES string of the molecule is Nc1nc2c(c(=O)[nH]1)N(C=O)[C@H](CNc1ccc(C(=O)N[C@@H](CCC(=O)O)C(=O)O)cc1)CN2.[Ca+2].[H-].[H-]. The molecule has 35 heavy (non-hydrogen) atoms. The molecule has 14 nitrogen and oxygen atoms in total. The van der Waals surface area contributed by atoms with E-state index in [1.807, 2.05) is 0 Å². The van der Waals surface area contributed by atoms with Crippen molar-refractivity contribution in [2.45, 2.75) is 24.9 Å². The summed E-state index contributed by atoms with van der Waals surface area (Å²) < 4.78 is 0. The number of carbonyl (C=O) groups excluding carboxylic acids is 2. The number of aromatic nitrogens is 2. The molecule has 0 aliphatic carbocycles. The number of nitrogens with two attached hydrogens (primary N) is 1. The van der Waals surface area contributed by atoms with Gasteiger partial charge in [-0.2, -0.15) is 4.98 Å². The van der Waals surface area contributed by atoms with Crippen LogP contribution >= 0.6 is 0 Å². The second-order valence-corrected chi connectivity index (χ2v) is 7.45. The third-order valence-electron chi connectivity index (χ3n) is 5.12. The fourth-order valence-corrected chi connectivity index (χ4v) is 3.39. The van der Waals surface area contributed by atoms with Gasteiger partial charge in [0.1, 0.15) is 6.04 Å². The molecule has 1 aromatic carbocycles. The standard InChI is InChI=1S/C20H23N7O7.Ca.2H/c21-20-25-16-15(18(32)26-20)27(9-28)12(8-23-16)7-22-11-3-1-10(2-4-11)17(31)24-13(19(33)34)5-6-14(29)30;;;/h1-4,9,12-13,22H,5-8H2,(H,24,31)(H,29,30)(H,33,34)(H4,21,23,25,26,32);;;/q;+2;2*-1/t12-,13+;;;/m1.../s1. The maximum absolute atomic E-state index is 12.3. The van der Waals surface area contributed by atoms with Crippen molar-refractivity contribution in [3.8, 4) is 0 Å². The number of aliphatic carboxylic acids is 2. The molecule has 1 aliphatic rings. The molecular weight excluding hydrogens is 490 g/mol. The Balaban J connectivity index is 0.00000432. The first-order valence-electron chi connectivity index (χ1n) is 10.2. The van der Waals surface area contributed by atoms with Crippen LogP contribution in [0.15, 0.2) is 29.1 Å². The molecule has 1 aliphatic heterocycles. The Hall–Kier alpha value is -3.36. The topological polar surface area (TPSA) is 220 Å². The van der Waals surface area contributed by atoms with E-state index in [0.717, 1.165) is 0 Å². The summed E-state index contributed by atoms with van der Waals surface area (Å²) in [6.45, 7) is 0.568. The summed E-state index contributed by atoms with van der Waals surface area (Å²) in [7, 11) is 0. The molecule has 0 unspecified atom stereocenters. The Morgan fingerprint density at radius 2 is 1.97 bits per heavy atom. The zero-order valence-corrected chi connectivity index (χ0v) is 20.7. The zero-order chi connectivity index (χ0) is 24.8. The first-order chi connectivity index (χ1) is 16.2. The number of rotatable bonds is 10. The Morgan fingerprint density at radius 3 is 2.57 bits per heavy atom. The minimum atomic E-state index is -1.33. The van der Waals surface area contributed by atoms with Gasteiger partial charge in [-0.15, -0.1) is 0 Å². The van der Waals surface area contributed by atoms with Crippen LogP contribution in [0.1, 0.15) is 26.1 Å². The molecule has 0 radical (unpaired) electrons. The number of carboxylic acids is 2. The zero-order valence-electron chi connectivity index (χ0n) is 20.5. The minimum absolute atomic E-state index is 0. The summed E-state index contributed by atoms with van der Waals surface area (Å²) in [6.07, 6.45) is -0.101. The number of hydrogen-bond acceptors (Lipinski definition) is 9. The van der Waals surface area contributed by atoms with Crippen LogP contribution in [0.5, 0.6) is 0 Å². The van der Waals surface area contributed by atoms with Gasteiger partial charge in [0, 0.05) is 30.8 Å². The van der Waals surface area contributed by atoms with Gasteiger partial charge >= 0.3 is 49.7 Å². The molecule has 0 saturated heterocycles. The van der Waals surface area contributed by atoms with Crippen LogP contribution in [-0.4, -0.2) is 107 Å². The Kier molecular flexibility index (Phi) is 9.86. The Morgan fingerprint density at radius 1 is 1.29 bits per heavy atom. The van der Waals surface area contributed by atoms with E-state index in [0.29, 0.717) is 18.6 Å². The number of fused-ring (bicyclic) bond motifs is 1. The van der Waals surface area contributed by atoms with Crippen LogP contribution < -0.4 is 32.1 Å². The van der Waals surface area contributed by atoms with Crippen LogP contribution in [0.4, 0.5) is 23.1 Å².